The van der Waals surface area contributed by atoms with Crippen molar-refractivity contribution in [1.29, 1.82) is 0 Å². The zero-order valence-electron chi connectivity index (χ0n) is 10.8. The Hall–Kier alpha value is -0.860. The second-order valence-electron chi connectivity index (χ2n) is 4.79. The van der Waals surface area contributed by atoms with Crippen LogP contribution in [0.5, 0.6) is 0 Å². The standard InChI is InChI=1S/C14H23NO/c1-11-5-6-14(9-12(11)2)10-15(4)8-7-13(3)16/h5-6,9,13,16H,7-8,10H2,1-4H3. The summed E-state index contributed by atoms with van der Waals surface area (Å²) in [7, 11) is 2.09. The number of benzene rings is 1. The first kappa shape index (κ1) is 13.2. The van der Waals surface area contributed by atoms with E-state index >= 15 is 0 Å². The number of hydrogen-bond donors (Lipinski definition) is 1. The maximum Gasteiger partial charge on any atom is 0.0524 e. The molecule has 0 aromatic heterocycles. The van der Waals surface area contributed by atoms with Crippen molar-refractivity contribution in [3.05, 3.63) is 34.9 Å². The molecule has 0 fully saturated rings. The van der Waals surface area contributed by atoms with Gasteiger partial charge < -0.3 is 10.0 Å². The molecule has 0 aliphatic carbocycles. The molecule has 0 aliphatic heterocycles. The molecule has 0 bridgehead atoms. The average molecular weight is 221 g/mol. The van der Waals surface area contributed by atoms with Gasteiger partial charge in [0.25, 0.3) is 0 Å². The summed E-state index contributed by atoms with van der Waals surface area (Å²) in [4.78, 5) is 2.25. The van der Waals surface area contributed by atoms with E-state index in [1.54, 1.807) is 0 Å². The van der Waals surface area contributed by atoms with E-state index in [4.69, 9.17) is 0 Å². The van der Waals surface area contributed by atoms with Crippen LogP contribution in [-0.4, -0.2) is 29.7 Å². The molecule has 0 heterocycles. The van der Waals surface area contributed by atoms with Crippen LogP contribution in [0.25, 0.3) is 0 Å². The molecule has 0 spiro atoms. The average Bonchev–Trinajstić information content (AvgIpc) is 2.21. The lowest BCUT2D eigenvalue weighted by molar-refractivity contribution is 0.163. The third-order valence-electron chi connectivity index (χ3n) is 2.95. The van der Waals surface area contributed by atoms with E-state index in [2.05, 4.69) is 44.0 Å². The highest BCUT2D eigenvalue weighted by molar-refractivity contribution is 5.29. The van der Waals surface area contributed by atoms with Crippen LogP contribution < -0.4 is 0 Å². The van der Waals surface area contributed by atoms with Crippen molar-refractivity contribution in [2.24, 2.45) is 0 Å². The predicted octanol–water partition coefficient (Wildman–Crippen LogP) is 2.51. The summed E-state index contributed by atoms with van der Waals surface area (Å²) in [6.45, 7) is 8.01. The predicted molar refractivity (Wildman–Crippen MR) is 68.5 cm³/mol. The number of aliphatic hydroxyl groups excluding tert-OH is 1. The van der Waals surface area contributed by atoms with Crippen molar-refractivity contribution in [3.8, 4) is 0 Å². The third-order valence-corrected chi connectivity index (χ3v) is 2.95. The Kier molecular flexibility index (Phi) is 4.97. The Morgan fingerprint density at radius 1 is 1.25 bits per heavy atom. The van der Waals surface area contributed by atoms with Crippen molar-refractivity contribution in [2.45, 2.75) is 39.8 Å². The molecule has 0 saturated carbocycles. The van der Waals surface area contributed by atoms with Crippen LogP contribution in [0.1, 0.15) is 30.0 Å². The lowest BCUT2D eigenvalue weighted by Crippen LogP contribution is -2.22. The van der Waals surface area contributed by atoms with Gasteiger partial charge in [0.15, 0.2) is 0 Å². The minimum absolute atomic E-state index is 0.206. The molecular formula is C14H23NO. The van der Waals surface area contributed by atoms with E-state index in [1.165, 1.54) is 16.7 Å². The van der Waals surface area contributed by atoms with Gasteiger partial charge in [0.05, 0.1) is 6.10 Å². The zero-order valence-corrected chi connectivity index (χ0v) is 10.8. The fraction of sp³-hybridized carbons (Fsp3) is 0.571. The maximum absolute atomic E-state index is 9.22. The SMILES string of the molecule is Cc1ccc(CN(C)CCC(C)O)cc1C. The normalized spacial score (nSPS) is 13.1. The van der Waals surface area contributed by atoms with Gasteiger partial charge in [-0.15, -0.1) is 0 Å². The number of hydrogen-bond acceptors (Lipinski definition) is 2. The highest BCUT2D eigenvalue weighted by Crippen LogP contribution is 2.11. The van der Waals surface area contributed by atoms with Gasteiger partial charge in [-0.2, -0.15) is 0 Å². The van der Waals surface area contributed by atoms with Gasteiger partial charge in [-0.1, -0.05) is 18.2 Å². The molecular weight excluding hydrogens is 198 g/mol. The van der Waals surface area contributed by atoms with Crippen molar-refractivity contribution in [3.63, 3.8) is 0 Å². The van der Waals surface area contributed by atoms with Crippen LogP contribution in [0, 0.1) is 13.8 Å². The maximum atomic E-state index is 9.22. The fourth-order valence-corrected chi connectivity index (χ4v) is 1.70. The number of rotatable bonds is 5. The first-order chi connectivity index (χ1) is 7.49. The van der Waals surface area contributed by atoms with Crippen LogP contribution in [-0.2, 0) is 6.54 Å². The van der Waals surface area contributed by atoms with Crippen LogP contribution in [0.15, 0.2) is 18.2 Å². The minimum Gasteiger partial charge on any atom is -0.393 e. The van der Waals surface area contributed by atoms with Crippen molar-refractivity contribution in [2.75, 3.05) is 13.6 Å². The number of aryl methyl sites for hydroxylation is 2. The molecule has 16 heavy (non-hydrogen) atoms. The molecule has 0 saturated heterocycles. The molecule has 1 rings (SSSR count). The van der Waals surface area contributed by atoms with Gasteiger partial charge in [0, 0.05) is 13.1 Å². The molecule has 1 atom stereocenters. The lowest BCUT2D eigenvalue weighted by atomic mass is 10.1. The quantitative estimate of drug-likeness (QED) is 0.826. The molecule has 2 nitrogen and oxygen atoms in total. The van der Waals surface area contributed by atoms with E-state index in [0.717, 1.165) is 19.5 Å². The van der Waals surface area contributed by atoms with Gasteiger partial charge in [0.2, 0.25) is 0 Å². The molecule has 0 amide bonds. The summed E-state index contributed by atoms with van der Waals surface area (Å²) in [5.74, 6) is 0. The van der Waals surface area contributed by atoms with Crippen LogP contribution in [0.3, 0.4) is 0 Å². The summed E-state index contributed by atoms with van der Waals surface area (Å²) in [6, 6.07) is 6.60. The number of aliphatic hydroxyl groups is 1. The second kappa shape index (κ2) is 6.02. The molecule has 1 aromatic rings. The van der Waals surface area contributed by atoms with Crippen LogP contribution >= 0.6 is 0 Å². The monoisotopic (exact) mass is 221 g/mol. The lowest BCUT2D eigenvalue weighted by Gasteiger charge is -2.18. The second-order valence-corrected chi connectivity index (χ2v) is 4.79. The topological polar surface area (TPSA) is 23.5 Å². The Balaban J connectivity index is 2.49. The van der Waals surface area contributed by atoms with Crippen molar-refractivity contribution < 1.29 is 5.11 Å². The largest absolute Gasteiger partial charge is 0.393 e. The van der Waals surface area contributed by atoms with E-state index in [9.17, 15) is 5.11 Å². The van der Waals surface area contributed by atoms with Gasteiger partial charge in [-0.3, -0.25) is 0 Å². The van der Waals surface area contributed by atoms with Crippen molar-refractivity contribution >= 4 is 0 Å². The van der Waals surface area contributed by atoms with Gasteiger partial charge in [-0.05, 0) is 50.9 Å². The summed E-state index contributed by atoms with van der Waals surface area (Å²) in [5.41, 5.74) is 4.04. The molecule has 0 aliphatic rings. The highest BCUT2D eigenvalue weighted by atomic mass is 16.3. The van der Waals surface area contributed by atoms with Gasteiger partial charge in [0.1, 0.15) is 0 Å². The smallest absolute Gasteiger partial charge is 0.0524 e. The summed E-state index contributed by atoms with van der Waals surface area (Å²) in [5, 5.41) is 9.22. The number of nitrogens with zero attached hydrogens (tertiary/aromatic N) is 1. The van der Waals surface area contributed by atoms with E-state index in [0.29, 0.717) is 0 Å². The Bertz CT molecular complexity index is 334. The summed E-state index contributed by atoms with van der Waals surface area (Å²) < 4.78 is 0. The molecule has 0 radical (unpaired) electrons. The summed E-state index contributed by atoms with van der Waals surface area (Å²) in [6.07, 6.45) is 0.628. The van der Waals surface area contributed by atoms with E-state index in [1.807, 2.05) is 6.92 Å². The Morgan fingerprint density at radius 2 is 1.94 bits per heavy atom. The highest BCUT2D eigenvalue weighted by Gasteiger charge is 2.03. The molecule has 1 N–H and O–H groups in total. The zero-order chi connectivity index (χ0) is 12.1. The Morgan fingerprint density at radius 3 is 2.50 bits per heavy atom. The van der Waals surface area contributed by atoms with Crippen molar-refractivity contribution in [1.82, 2.24) is 4.90 Å². The third kappa shape index (κ3) is 4.33. The molecule has 2 heteroatoms. The summed E-state index contributed by atoms with van der Waals surface area (Å²) >= 11 is 0. The van der Waals surface area contributed by atoms with Crippen LogP contribution in [0.2, 0.25) is 0 Å². The fourth-order valence-electron chi connectivity index (χ4n) is 1.70. The Labute approximate surface area is 98.9 Å². The molecule has 1 unspecified atom stereocenters. The van der Waals surface area contributed by atoms with E-state index < -0.39 is 0 Å². The first-order valence-corrected chi connectivity index (χ1v) is 5.92. The first-order valence-electron chi connectivity index (χ1n) is 5.92. The van der Waals surface area contributed by atoms with Gasteiger partial charge >= 0.3 is 0 Å². The minimum atomic E-state index is -0.206. The molecule has 90 valence electrons. The van der Waals surface area contributed by atoms with Crippen LogP contribution in [0.4, 0.5) is 0 Å². The van der Waals surface area contributed by atoms with Gasteiger partial charge in [-0.25, -0.2) is 0 Å². The molecule has 1 aromatic carbocycles. The van der Waals surface area contributed by atoms with E-state index in [-0.39, 0.29) is 6.10 Å².